The second-order valence-electron chi connectivity index (χ2n) is 5.45. The van der Waals surface area contributed by atoms with Gasteiger partial charge in [-0.25, -0.2) is 4.79 Å². The van der Waals surface area contributed by atoms with Crippen molar-refractivity contribution in [2.24, 2.45) is 11.3 Å². The highest BCUT2D eigenvalue weighted by Crippen LogP contribution is 2.51. The Morgan fingerprint density at radius 1 is 1.65 bits per heavy atom. The van der Waals surface area contributed by atoms with Gasteiger partial charge in [0.15, 0.2) is 0 Å². The number of rotatable bonds is 4. The van der Waals surface area contributed by atoms with Crippen molar-refractivity contribution in [3.8, 4) is 0 Å². The SMILES string of the molecule is Cc1cc(NCC2CC2(C)C)c(C(=O)O)cn1. The van der Waals surface area contributed by atoms with Crippen LogP contribution >= 0.6 is 0 Å². The summed E-state index contributed by atoms with van der Waals surface area (Å²) in [5, 5.41) is 12.3. The third kappa shape index (κ3) is 2.57. The first-order valence-electron chi connectivity index (χ1n) is 5.84. The van der Waals surface area contributed by atoms with Gasteiger partial charge in [-0.1, -0.05) is 13.8 Å². The summed E-state index contributed by atoms with van der Waals surface area (Å²) < 4.78 is 0. The molecule has 92 valence electrons. The molecule has 17 heavy (non-hydrogen) atoms. The summed E-state index contributed by atoms with van der Waals surface area (Å²) in [6, 6.07) is 1.79. The summed E-state index contributed by atoms with van der Waals surface area (Å²) in [5.41, 5.74) is 2.15. The molecule has 1 heterocycles. The monoisotopic (exact) mass is 234 g/mol. The molecule has 0 bridgehead atoms. The molecule has 1 fully saturated rings. The molecule has 2 rings (SSSR count). The van der Waals surface area contributed by atoms with Gasteiger partial charge in [0.1, 0.15) is 5.56 Å². The average molecular weight is 234 g/mol. The van der Waals surface area contributed by atoms with Crippen LogP contribution in [0.15, 0.2) is 12.3 Å². The lowest BCUT2D eigenvalue weighted by atomic mass is 10.1. The minimum atomic E-state index is -0.935. The van der Waals surface area contributed by atoms with Crippen molar-refractivity contribution in [3.63, 3.8) is 0 Å². The molecule has 2 N–H and O–H groups in total. The van der Waals surface area contributed by atoms with Gasteiger partial charge in [0, 0.05) is 18.4 Å². The van der Waals surface area contributed by atoms with E-state index in [4.69, 9.17) is 5.11 Å². The Morgan fingerprint density at radius 2 is 2.29 bits per heavy atom. The van der Waals surface area contributed by atoms with E-state index in [1.165, 1.54) is 12.6 Å². The summed E-state index contributed by atoms with van der Waals surface area (Å²) >= 11 is 0. The molecule has 0 amide bonds. The lowest BCUT2D eigenvalue weighted by molar-refractivity contribution is 0.0697. The Balaban J connectivity index is 2.09. The van der Waals surface area contributed by atoms with E-state index in [1.54, 1.807) is 6.07 Å². The van der Waals surface area contributed by atoms with E-state index in [0.717, 1.165) is 12.2 Å². The smallest absolute Gasteiger partial charge is 0.339 e. The highest BCUT2D eigenvalue weighted by molar-refractivity contribution is 5.93. The molecule has 4 nitrogen and oxygen atoms in total. The zero-order valence-corrected chi connectivity index (χ0v) is 10.4. The molecule has 0 radical (unpaired) electrons. The molecular weight excluding hydrogens is 216 g/mol. The van der Waals surface area contributed by atoms with Crippen LogP contribution in [0.25, 0.3) is 0 Å². The predicted molar refractivity (Wildman–Crippen MR) is 66.3 cm³/mol. The van der Waals surface area contributed by atoms with Gasteiger partial charge in [0.2, 0.25) is 0 Å². The summed E-state index contributed by atoms with van der Waals surface area (Å²) in [6.07, 6.45) is 2.62. The van der Waals surface area contributed by atoms with E-state index in [0.29, 0.717) is 17.0 Å². The van der Waals surface area contributed by atoms with Crippen molar-refractivity contribution in [3.05, 3.63) is 23.5 Å². The fraction of sp³-hybridized carbons (Fsp3) is 0.538. The molecular formula is C13H18N2O2. The van der Waals surface area contributed by atoms with Gasteiger partial charge in [-0.15, -0.1) is 0 Å². The van der Waals surface area contributed by atoms with Crippen LogP contribution in [0.1, 0.15) is 36.3 Å². The second-order valence-corrected chi connectivity index (χ2v) is 5.45. The first-order chi connectivity index (χ1) is 7.90. The number of aromatic nitrogens is 1. The van der Waals surface area contributed by atoms with Gasteiger partial charge in [0.05, 0.1) is 5.69 Å². The van der Waals surface area contributed by atoms with E-state index >= 15 is 0 Å². The summed E-state index contributed by atoms with van der Waals surface area (Å²) in [5.74, 6) is -0.298. The third-order valence-electron chi connectivity index (χ3n) is 3.53. The maximum atomic E-state index is 11.0. The van der Waals surface area contributed by atoms with Gasteiger partial charge in [0.25, 0.3) is 0 Å². The van der Waals surface area contributed by atoms with E-state index in [-0.39, 0.29) is 5.56 Å². The van der Waals surface area contributed by atoms with Crippen LogP contribution in [0.5, 0.6) is 0 Å². The van der Waals surface area contributed by atoms with Gasteiger partial charge in [-0.3, -0.25) is 4.98 Å². The van der Waals surface area contributed by atoms with Crippen LogP contribution in [0.2, 0.25) is 0 Å². The highest BCUT2D eigenvalue weighted by atomic mass is 16.4. The molecule has 0 spiro atoms. The molecule has 1 atom stereocenters. The van der Waals surface area contributed by atoms with Crippen LogP contribution in [0.3, 0.4) is 0 Å². The summed E-state index contributed by atoms with van der Waals surface area (Å²) in [7, 11) is 0. The quantitative estimate of drug-likeness (QED) is 0.840. The first kappa shape index (κ1) is 11.9. The Hall–Kier alpha value is -1.58. The zero-order valence-electron chi connectivity index (χ0n) is 10.4. The van der Waals surface area contributed by atoms with Crippen molar-refractivity contribution in [2.45, 2.75) is 27.2 Å². The van der Waals surface area contributed by atoms with E-state index < -0.39 is 5.97 Å². The Kier molecular flexibility index (Phi) is 2.81. The minimum Gasteiger partial charge on any atom is -0.478 e. The standard InChI is InChI=1S/C13H18N2O2/c1-8-4-11(10(7-14-8)12(16)17)15-6-9-5-13(9,2)3/h4,7,9H,5-6H2,1-3H3,(H,14,15)(H,16,17). The number of nitrogens with one attached hydrogen (secondary N) is 1. The number of aromatic carboxylic acids is 1. The number of nitrogens with zero attached hydrogens (tertiary/aromatic N) is 1. The van der Waals surface area contributed by atoms with Crippen molar-refractivity contribution in [1.29, 1.82) is 0 Å². The van der Waals surface area contributed by atoms with E-state index in [2.05, 4.69) is 24.1 Å². The maximum Gasteiger partial charge on any atom is 0.339 e. The molecule has 1 aliphatic rings. The van der Waals surface area contributed by atoms with Crippen LogP contribution in [0, 0.1) is 18.3 Å². The number of carbonyl (C=O) groups is 1. The van der Waals surface area contributed by atoms with Crippen LogP contribution in [0.4, 0.5) is 5.69 Å². The highest BCUT2D eigenvalue weighted by Gasteiger charge is 2.45. The zero-order chi connectivity index (χ0) is 12.6. The summed E-state index contributed by atoms with van der Waals surface area (Å²) in [6.45, 7) is 7.15. The van der Waals surface area contributed by atoms with Crippen molar-refractivity contribution < 1.29 is 9.90 Å². The van der Waals surface area contributed by atoms with Gasteiger partial charge in [-0.2, -0.15) is 0 Å². The van der Waals surface area contributed by atoms with E-state index in [1.807, 2.05) is 6.92 Å². The number of anilines is 1. The normalized spacial score (nSPS) is 21.0. The third-order valence-corrected chi connectivity index (χ3v) is 3.53. The van der Waals surface area contributed by atoms with Crippen LogP contribution < -0.4 is 5.32 Å². The molecule has 0 saturated heterocycles. The minimum absolute atomic E-state index is 0.244. The number of hydrogen-bond donors (Lipinski definition) is 2. The van der Waals surface area contributed by atoms with Crippen molar-refractivity contribution >= 4 is 11.7 Å². The molecule has 1 saturated carbocycles. The van der Waals surface area contributed by atoms with Crippen LogP contribution in [-0.2, 0) is 0 Å². The molecule has 1 aromatic heterocycles. The topological polar surface area (TPSA) is 62.2 Å². The Labute approximate surface area is 101 Å². The number of aryl methyl sites for hydroxylation is 1. The number of pyridine rings is 1. The van der Waals surface area contributed by atoms with Gasteiger partial charge in [-0.05, 0) is 30.7 Å². The Morgan fingerprint density at radius 3 is 2.82 bits per heavy atom. The van der Waals surface area contributed by atoms with Crippen molar-refractivity contribution in [1.82, 2.24) is 4.98 Å². The predicted octanol–water partition coefficient (Wildman–Crippen LogP) is 2.55. The number of carboxylic acids is 1. The fourth-order valence-electron chi connectivity index (χ4n) is 2.03. The molecule has 1 unspecified atom stereocenters. The lowest BCUT2D eigenvalue weighted by Crippen LogP contribution is -2.11. The average Bonchev–Trinajstić information content (AvgIpc) is 2.83. The maximum absolute atomic E-state index is 11.0. The molecule has 0 aliphatic heterocycles. The summed E-state index contributed by atoms with van der Waals surface area (Å²) in [4.78, 5) is 15.1. The van der Waals surface area contributed by atoms with Crippen molar-refractivity contribution in [2.75, 3.05) is 11.9 Å². The lowest BCUT2D eigenvalue weighted by Gasteiger charge is -2.10. The van der Waals surface area contributed by atoms with Gasteiger partial charge >= 0.3 is 5.97 Å². The second kappa shape index (κ2) is 4.02. The first-order valence-corrected chi connectivity index (χ1v) is 5.84. The molecule has 1 aliphatic carbocycles. The fourth-order valence-corrected chi connectivity index (χ4v) is 2.03. The molecule has 1 aromatic rings. The Bertz CT molecular complexity index is 455. The molecule has 4 heteroatoms. The van der Waals surface area contributed by atoms with Gasteiger partial charge < -0.3 is 10.4 Å². The number of carboxylic acid groups (broad SMARTS) is 1. The largest absolute Gasteiger partial charge is 0.478 e. The van der Waals surface area contributed by atoms with Crippen LogP contribution in [-0.4, -0.2) is 22.6 Å². The molecule has 0 aromatic carbocycles. The number of hydrogen-bond acceptors (Lipinski definition) is 3. The van der Waals surface area contributed by atoms with E-state index in [9.17, 15) is 4.79 Å².